The maximum absolute atomic E-state index is 14.2. The van der Waals surface area contributed by atoms with Crippen LogP contribution in [0.25, 0.3) is 11.0 Å². The molecule has 8 nitrogen and oxygen atoms in total. The van der Waals surface area contributed by atoms with Crippen LogP contribution in [-0.2, 0) is 14.4 Å². The van der Waals surface area contributed by atoms with Crippen LogP contribution in [0.15, 0.2) is 34.2 Å². The van der Waals surface area contributed by atoms with Gasteiger partial charge in [0, 0.05) is 24.2 Å². The van der Waals surface area contributed by atoms with Gasteiger partial charge in [-0.3, -0.25) is 9.69 Å². The molecule has 2 aliphatic carbocycles. The summed E-state index contributed by atoms with van der Waals surface area (Å²) in [5.41, 5.74) is 1.03. The van der Waals surface area contributed by atoms with E-state index in [4.69, 9.17) is 9.57 Å². The smallest absolute Gasteiger partial charge is 0.362 e. The van der Waals surface area contributed by atoms with Gasteiger partial charge in [-0.25, -0.2) is 9.78 Å². The normalized spacial score (nSPS) is 30.9. The van der Waals surface area contributed by atoms with Gasteiger partial charge < -0.3 is 14.1 Å². The summed E-state index contributed by atoms with van der Waals surface area (Å²) in [7, 11) is 0. The quantitative estimate of drug-likeness (QED) is 0.254. The van der Waals surface area contributed by atoms with Crippen LogP contribution in [0.3, 0.4) is 0 Å². The summed E-state index contributed by atoms with van der Waals surface area (Å²) in [4.78, 5) is 40.1. The van der Waals surface area contributed by atoms with Crippen molar-refractivity contribution in [1.29, 1.82) is 0 Å². The average Bonchev–Trinajstić information content (AvgIpc) is 3.08. The van der Waals surface area contributed by atoms with Crippen molar-refractivity contribution in [3.05, 3.63) is 40.3 Å². The fraction of sp³-hybridized carbons (Fsp3) is 0.688. The lowest BCUT2D eigenvalue weighted by Crippen LogP contribution is -2.52. The highest BCUT2D eigenvalue weighted by Gasteiger charge is 2.47. The number of carbonyl (C=O) groups excluding carboxylic acids is 1. The predicted molar refractivity (Wildman–Crippen MR) is 155 cm³/mol. The average molecular weight is 549 g/mol. The van der Waals surface area contributed by atoms with Gasteiger partial charge in [0.05, 0.1) is 17.6 Å². The zero-order chi connectivity index (χ0) is 27.8. The first-order valence-electron chi connectivity index (χ1n) is 15.6. The van der Waals surface area contributed by atoms with Crippen LogP contribution in [0.5, 0.6) is 0 Å². The van der Waals surface area contributed by atoms with Crippen molar-refractivity contribution < 1.29 is 14.4 Å². The van der Waals surface area contributed by atoms with E-state index in [1.165, 1.54) is 57.8 Å². The van der Waals surface area contributed by atoms with Gasteiger partial charge in [0.1, 0.15) is 6.10 Å². The first kappa shape index (κ1) is 27.4. The number of oxime groups is 1. The Balaban J connectivity index is 1.34. The molecule has 0 N–H and O–H groups in total. The lowest BCUT2D eigenvalue weighted by molar-refractivity contribution is -0.135. The number of hydrogen-bond acceptors (Lipinski definition) is 7. The Kier molecular flexibility index (Phi) is 7.98. The molecular weight excluding hydrogens is 504 g/mol. The molecule has 4 aliphatic rings. The lowest BCUT2D eigenvalue weighted by atomic mass is 9.76. The molecule has 2 saturated heterocycles. The van der Waals surface area contributed by atoms with E-state index < -0.39 is 5.97 Å². The number of fused-ring (bicyclic) bond motifs is 5. The second-order valence-electron chi connectivity index (χ2n) is 12.8. The summed E-state index contributed by atoms with van der Waals surface area (Å²) >= 11 is 0. The van der Waals surface area contributed by atoms with E-state index >= 15 is 0 Å². The molecule has 6 rings (SSSR count). The molecule has 2 aromatic rings. The Labute approximate surface area is 237 Å². The van der Waals surface area contributed by atoms with Gasteiger partial charge in [-0.15, -0.1) is 0 Å². The van der Waals surface area contributed by atoms with Gasteiger partial charge in [-0.2, -0.15) is 0 Å². The van der Waals surface area contributed by atoms with E-state index in [9.17, 15) is 9.59 Å². The van der Waals surface area contributed by atoms with Crippen LogP contribution in [-0.4, -0.2) is 57.0 Å². The number of para-hydroxylation sites is 2. The number of carbonyl (C=O) groups is 1. The first-order valence-corrected chi connectivity index (χ1v) is 15.6. The van der Waals surface area contributed by atoms with Crippen LogP contribution in [0.2, 0.25) is 0 Å². The molecule has 3 heterocycles. The zero-order valence-corrected chi connectivity index (χ0v) is 24.3. The van der Waals surface area contributed by atoms with Crippen LogP contribution in [0.4, 0.5) is 0 Å². The minimum atomic E-state index is -0.691. The Morgan fingerprint density at radius 2 is 1.62 bits per heavy atom. The molecule has 5 atom stereocenters. The Morgan fingerprint density at radius 3 is 2.27 bits per heavy atom. The highest BCUT2D eigenvalue weighted by molar-refractivity contribution is 6.42. The molecule has 1 aromatic heterocycles. The number of nitrogens with zero attached hydrogens (tertiary/aromatic N) is 4. The van der Waals surface area contributed by atoms with Crippen molar-refractivity contribution in [2.24, 2.45) is 17.0 Å². The molecule has 2 aliphatic heterocycles. The van der Waals surface area contributed by atoms with Gasteiger partial charge in [0.2, 0.25) is 5.71 Å². The third-order valence-corrected chi connectivity index (χ3v) is 9.75. The topological polar surface area (TPSA) is 86.0 Å². The van der Waals surface area contributed by atoms with Crippen molar-refractivity contribution in [2.75, 3.05) is 6.61 Å². The largest absolute Gasteiger partial charge is 0.461 e. The second kappa shape index (κ2) is 11.6. The molecular formula is C32H44N4O4. The number of aromatic nitrogens is 2. The molecule has 1 aromatic carbocycles. The van der Waals surface area contributed by atoms with Gasteiger partial charge in [-0.1, -0.05) is 43.0 Å². The van der Waals surface area contributed by atoms with E-state index in [0.717, 1.165) is 30.2 Å². The summed E-state index contributed by atoms with van der Waals surface area (Å²) in [5, 5.41) is 4.07. The Bertz CT molecular complexity index is 1290. The SMILES string of the molecule is CCOC(=O)C(=NOC(C)C)c1nc2ccccc2n(C2C[C@H]3CC[C@H](C2)N3C2CC3CCCC[C@@H](C3)C2)c1=O. The maximum Gasteiger partial charge on any atom is 0.362 e. The number of hydrogen-bond donors (Lipinski definition) is 0. The summed E-state index contributed by atoms with van der Waals surface area (Å²) in [6.07, 6.45) is 13.8. The molecule has 2 unspecified atom stereocenters. The fourth-order valence-corrected chi connectivity index (χ4v) is 8.31. The number of esters is 1. The van der Waals surface area contributed by atoms with Gasteiger partial charge in [0.15, 0.2) is 5.69 Å². The van der Waals surface area contributed by atoms with E-state index in [0.29, 0.717) is 23.6 Å². The molecule has 0 amide bonds. The molecule has 40 heavy (non-hydrogen) atoms. The van der Waals surface area contributed by atoms with Crippen molar-refractivity contribution in [2.45, 2.75) is 122 Å². The van der Waals surface area contributed by atoms with Crippen molar-refractivity contribution >= 4 is 22.7 Å². The maximum atomic E-state index is 14.2. The molecule has 4 fully saturated rings. The molecule has 2 saturated carbocycles. The number of ether oxygens (including phenoxy) is 1. The van der Waals surface area contributed by atoms with Crippen LogP contribution in [0.1, 0.15) is 103 Å². The number of piperidine rings is 1. The zero-order valence-electron chi connectivity index (χ0n) is 24.3. The summed E-state index contributed by atoms with van der Waals surface area (Å²) < 4.78 is 7.17. The third-order valence-electron chi connectivity index (χ3n) is 9.75. The van der Waals surface area contributed by atoms with Crippen molar-refractivity contribution in [3.8, 4) is 0 Å². The molecule has 216 valence electrons. The van der Waals surface area contributed by atoms with E-state index in [1.54, 1.807) is 6.92 Å². The highest BCUT2D eigenvalue weighted by atomic mass is 16.6. The Morgan fingerprint density at radius 1 is 0.950 bits per heavy atom. The van der Waals surface area contributed by atoms with Crippen molar-refractivity contribution in [3.63, 3.8) is 0 Å². The van der Waals surface area contributed by atoms with Crippen LogP contribution in [0, 0.1) is 11.8 Å². The standard InChI is InChI=1S/C32H44N4O4/c1-4-39-32(38)30(34-40-20(2)3)29-31(37)36(28-12-8-7-11-27(28)33-29)26-18-23-13-14-24(19-26)35(23)25-16-21-9-5-6-10-22(15-21)17-25/h7-8,11-12,20-26H,4-6,9-10,13-19H2,1-3H3/t21-,22?,23+,24+,25?/m0/s1. The third kappa shape index (κ3) is 5.31. The van der Waals surface area contributed by atoms with Crippen LogP contribution < -0.4 is 5.56 Å². The summed E-state index contributed by atoms with van der Waals surface area (Å²) in [5.74, 6) is 1.10. The van der Waals surface area contributed by atoms with E-state index in [-0.39, 0.29) is 35.7 Å². The van der Waals surface area contributed by atoms with Crippen LogP contribution >= 0.6 is 0 Å². The Hall–Kier alpha value is -2.74. The lowest BCUT2D eigenvalue weighted by Gasteiger charge is -2.48. The molecule has 4 bridgehead atoms. The minimum Gasteiger partial charge on any atom is -0.461 e. The van der Waals surface area contributed by atoms with Gasteiger partial charge in [0.25, 0.3) is 5.56 Å². The minimum absolute atomic E-state index is 0.00364. The van der Waals surface area contributed by atoms with Gasteiger partial charge in [-0.05, 0) is 89.7 Å². The highest BCUT2D eigenvalue weighted by Crippen LogP contribution is 2.47. The van der Waals surface area contributed by atoms with Gasteiger partial charge >= 0.3 is 5.97 Å². The number of rotatable bonds is 7. The molecule has 0 radical (unpaired) electrons. The van der Waals surface area contributed by atoms with E-state index in [1.807, 2.05) is 42.7 Å². The molecule has 0 spiro atoms. The second-order valence-corrected chi connectivity index (χ2v) is 12.8. The summed E-state index contributed by atoms with van der Waals surface area (Å²) in [6, 6.07) is 9.47. The number of benzene rings is 1. The van der Waals surface area contributed by atoms with E-state index in [2.05, 4.69) is 15.0 Å². The fourth-order valence-electron chi connectivity index (χ4n) is 8.31. The predicted octanol–water partition coefficient (Wildman–Crippen LogP) is 5.62. The summed E-state index contributed by atoms with van der Waals surface area (Å²) in [6.45, 7) is 5.55. The molecule has 8 heteroatoms. The monoisotopic (exact) mass is 548 g/mol. The first-order chi connectivity index (χ1) is 19.4. The van der Waals surface area contributed by atoms with Crippen molar-refractivity contribution in [1.82, 2.24) is 14.5 Å².